The number of amides is 4. The van der Waals surface area contributed by atoms with Gasteiger partial charge in [-0.25, -0.2) is 4.98 Å². The number of unbranched alkanes of at least 4 members (excludes halogenated alkanes) is 3. The molecule has 0 aliphatic carbocycles. The highest BCUT2D eigenvalue weighted by Crippen LogP contribution is 2.31. The topological polar surface area (TPSA) is 130 Å². The number of aromatic nitrogens is 1. The Balaban J connectivity index is 0.990. The van der Waals surface area contributed by atoms with Crippen LogP contribution < -0.4 is 25.0 Å². The van der Waals surface area contributed by atoms with Gasteiger partial charge in [0, 0.05) is 38.3 Å². The summed E-state index contributed by atoms with van der Waals surface area (Å²) in [4.78, 5) is 56.8. The number of ether oxygens (including phenoxy) is 2. The van der Waals surface area contributed by atoms with Crippen molar-refractivity contribution < 1.29 is 28.7 Å². The van der Waals surface area contributed by atoms with Crippen LogP contribution in [-0.2, 0) is 16.1 Å². The molecule has 1 atom stereocenters. The third kappa shape index (κ3) is 5.97. The van der Waals surface area contributed by atoms with Crippen molar-refractivity contribution in [2.75, 3.05) is 38.3 Å². The van der Waals surface area contributed by atoms with Crippen molar-refractivity contribution in [3.05, 3.63) is 47.2 Å². The first kappa shape index (κ1) is 26.5. The van der Waals surface area contributed by atoms with Gasteiger partial charge in [-0.15, -0.1) is 0 Å². The van der Waals surface area contributed by atoms with Crippen LogP contribution in [0.4, 0.5) is 5.82 Å². The summed E-state index contributed by atoms with van der Waals surface area (Å²) in [7, 11) is 1.95. The van der Waals surface area contributed by atoms with E-state index in [1.54, 1.807) is 24.4 Å². The monoisotopic (exact) mass is 535 g/mol. The van der Waals surface area contributed by atoms with Gasteiger partial charge in [0.15, 0.2) is 11.6 Å². The minimum absolute atomic E-state index is 0.156. The number of hydrogen-bond acceptors (Lipinski definition) is 8. The van der Waals surface area contributed by atoms with E-state index in [0.717, 1.165) is 43.6 Å². The normalized spacial score (nSPS) is 18.3. The van der Waals surface area contributed by atoms with Crippen molar-refractivity contribution >= 4 is 29.4 Å². The molecule has 1 fully saturated rings. The zero-order valence-electron chi connectivity index (χ0n) is 22.0. The number of nitrogens with one attached hydrogen (secondary N) is 2. The third-order valence-electron chi connectivity index (χ3n) is 7.26. The predicted molar refractivity (Wildman–Crippen MR) is 142 cm³/mol. The number of anilines is 1. The molecule has 1 unspecified atom stereocenters. The average molecular weight is 536 g/mol. The third-order valence-corrected chi connectivity index (χ3v) is 7.26. The summed E-state index contributed by atoms with van der Waals surface area (Å²) >= 11 is 0. The van der Waals surface area contributed by atoms with Crippen LogP contribution in [0.3, 0.4) is 0 Å². The standard InChI is InChI=1S/C28H33N5O6/c1-32-11-13-39-23-15-18(16-30-25(23)32)26(35)29-10-4-2-3-5-12-38-20-6-7-21-19(14-20)17-33(28(21)37)22-8-9-24(34)31-27(22)36/h6-7,14-16,22H,2-5,8-13,17H2,1H3,(H,29,35)(H,31,34,36). The van der Waals surface area contributed by atoms with E-state index in [0.29, 0.717) is 55.4 Å². The second kappa shape index (κ2) is 11.7. The van der Waals surface area contributed by atoms with E-state index in [2.05, 4.69) is 15.6 Å². The molecule has 0 bridgehead atoms. The molecule has 0 saturated carbocycles. The fraction of sp³-hybridized carbons (Fsp3) is 0.464. The Hall–Kier alpha value is -4.15. The summed E-state index contributed by atoms with van der Waals surface area (Å²) in [6.07, 6.45) is 5.80. The molecular weight excluding hydrogens is 502 g/mol. The highest BCUT2D eigenvalue weighted by atomic mass is 16.5. The van der Waals surface area contributed by atoms with E-state index < -0.39 is 11.9 Å². The van der Waals surface area contributed by atoms with Gasteiger partial charge in [0.05, 0.1) is 18.7 Å². The largest absolute Gasteiger partial charge is 0.494 e. The number of piperidine rings is 1. The Morgan fingerprint density at radius 2 is 2.03 bits per heavy atom. The van der Waals surface area contributed by atoms with Gasteiger partial charge in [0.25, 0.3) is 11.8 Å². The molecule has 3 aliphatic rings. The quantitative estimate of drug-likeness (QED) is 0.349. The molecule has 5 rings (SSSR count). The lowest BCUT2D eigenvalue weighted by atomic mass is 10.0. The van der Waals surface area contributed by atoms with Crippen molar-refractivity contribution in [3.63, 3.8) is 0 Å². The number of imide groups is 1. The minimum Gasteiger partial charge on any atom is -0.494 e. The van der Waals surface area contributed by atoms with Crippen molar-refractivity contribution in [1.82, 2.24) is 20.5 Å². The zero-order valence-corrected chi connectivity index (χ0v) is 22.0. The van der Waals surface area contributed by atoms with E-state index in [4.69, 9.17) is 9.47 Å². The lowest BCUT2D eigenvalue weighted by molar-refractivity contribution is -0.136. The smallest absolute Gasteiger partial charge is 0.255 e. The highest BCUT2D eigenvalue weighted by molar-refractivity contribution is 6.05. The Kier molecular flexibility index (Phi) is 7.94. The van der Waals surface area contributed by atoms with Crippen molar-refractivity contribution in [2.24, 2.45) is 0 Å². The number of likely N-dealkylation sites (N-methyl/N-ethyl adjacent to an activating group) is 1. The van der Waals surface area contributed by atoms with E-state index in [-0.39, 0.29) is 24.1 Å². The molecule has 1 saturated heterocycles. The number of hydrogen-bond donors (Lipinski definition) is 2. The first-order valence-corrected chi connectivity index (χ1v) is 13.4. The number of rotatable bonds is 10. The zero-order chi connectivity index (χ0) is 27.4. The molecule has 2 aromatic rings. The summed E-state index contributed by atoms with van der Waals surface area (Å²) < 4.78 is 11.5. The van der Waals surface area contributed by atoms with Crippen LogP contribution in [0.15, 0.2) is 30.5 Å². The summed E-state index contributed by atoms with van der Waals surface area (Å²) in [5.41, 5.74) is 1.89. The van der Waals surface area contributed by atoms with Gasteiger partial charge in [0.2, 0.25) is 11.8 Å². The van der Waals surface area contributed by atoms with E-state index in [1.165, 1.54) is 4.90 Å². The summed E-state index contributed by atoms with van der Waals surface area (Å²) in [5, 5.41) is 5.26. The molecule has 2 N–H and O–H groups in total. The first-order chi connectivity index (χ1) is 18.9. The number of benzene rings is 1. The lowest BCUT2D eigenvalue weighted by Crippen LogP contribution is -2.52. The molecule has 39 heavy (non-hydrogen) atoms. The fourth-order valence-electron chi connectivity index (χ4n) is 5.07. The maximum atomic E-state index is 12.8. The van der Waals surface area contributed by atoms with E-state index in [9.17, 15) is 19.2 Å². The molecule has 11 nitrogen and oxygen atoms in total. The van der Waals surface area contributed by atoms with E-state index >= 15 is 0 Å². The van der Waals surface area contributed by atoms with Crippen LogP contribution >= 0.6 is 0 Å². The number of fused-ring (bicyclic) bond motifs is 2. The molecule has 11 heteroatoms. The Labute approximate surface area is 226 Å². The van der Waals surface area contributed by atoms with Gasteiger partial charge in [0.1, 0.15) is 18.4 Å². The number of carbonyl (C=O) groups excluding carboxylic acids is 4. The molecule has 0 radical (unpaired) electrons. The lowest BCUT2D eigenvalue weighted by Gasteiger charge is -2.29. The molecule has 3 aliphatic heterocycles. The van der Waals surface area contributed by atoms with Crippen LogP contribution in [-0.4, -0.2) is 72.9 Å². The maximum Gasteiger partial charge on any atom is 0.255 e. The van der Waals surface area contributed by atoms with Crippen LogP contribution in [0, 0.1) is 0 Å². The van der Waals surface area contributed by atoms with Crippen molar-refractivity contribution in [1.29, 1.82) is 0 Å². The Morgan fingerprint density at radius 1 is 1.18 bits per heavy atom. The van der Waals surface area contributed by atoms with Crippen molar-refractivity contribution in [2.45, 2.75) is 51.1 Å². The Morgan fingerprint density at radius 3 is 2.87 bits per heavy atom. The SMILES string of the molecule is CN1CCOc2cc(C(=O)NCCCCCCOc3ccc4c(c3)CN(C3CCC(=O)NC3=O)C4=O)cnc21. The molecule has 1 aromatic carbocycles. The molecular formula is C28H33N5O6. The second-order valence-corrected chi connectivity index (χ2v) is 10.1. The summed E-state index contributed by atoms with van der Waals surface area (Å²) in [6, 6.07) is 6.49. The van der Waals surface area contributed by atoms with Gasteiger partial charge >= 0.3 is 0 Å². The number of nitrogens with zero attached hydrogens (tertiary/aromatic N) is 3. The van der Waals surface area contributed by atoms with Crippen molar-refractivity contribution in [3.8, 4) is 11.5 Å². The van der Waals surface area contributed by atoms with Crippen LogP contribution in [0.2, 0.25) is 0 Å². The van der Waals surface area contributed by atoms with E-state index in [1.807, 2.05) is 18.0 Å². The minimum atomic E-state index is -0.623. The molecule has 4 heterocycles. The van der Waals surface area contributed by atoms with Gasteiger partial charge in [-0.05, 0) is 49.1 Å². The van der Waals surface area contributed by atoms with Gasteiger partial charge in [-0.2, -0.15) is 0 Å². The number of carbonyl (C=O) groups is 4. The first-order valence-electron chi connectivity index (χ1n) is 13.4. The molecule has 4 amide bonds. The van der Waals surface area contributed by atoms with Crippen LogP contribution in [0.1, 0.15) is 64.8 Å². The predicted octanol–water partition coefficient (Wildman–Crippen LogP) is 2.04. The molecule has 0 spiro atoms. The summed E-state index contributed by atoms with van der Waals surface area (Å²) in [6.45, 7) is 2.81. The average Bonchev–Trinajstić information content (AvgIpc) is 3.25. The number of pyridine rings is 1. The molecule has 206 valence electrons. The summed E-state index contributed by atoms with van der Waals surface area (Å²) in [5.74, 6) is 1.01. The molecule has 1 aromatic heterocycles. The second-order valence-electron chi connectivity index (χ2n) is 10.1. The van der Waals surface area contributed by atoms with Crippen LogP contribution in [0.25, 0.3) is 0 Å². The van der Waals surface area contributed by atoms with Crippen LogP contribution in [0.5, 0.6) is 11.5 Å². The van der Waals surface area contributed by atoms with Gasteiger partial charge < -0.3 is 24.6 Å². The fourth-order valence-corrected chi connectivity index (χ4v) is 5.07. The highest BCUT2D eigenvalue weighted by Gasteiger charge is 2.39. The van der Waals surface area contributed by atoms with Gasteiger partial charge in [-0.1, -0.05) is 12.8 Å². The van der Waals surface area contributed by atoms with Gasteiger partial charge in [-0.3, -0.25) is 24.5 Å². The Bertz CT molecular complexity index is 1280. The maximum absolute atomic E-state index is 12.8.